The molecule has 1 aromatic heterocycles. The Morgan fingerprint density at radius 3 is 2.40 bits per heavy atom. The first kappa shape index (κ1) is 13.3. The molecule has 0 aliphatic heterocycles. The summed E-state index contributed by atoms with van der Waals surface area (Å²) in [4.78, 5) is 2.40. The third-order valence-electron chi connectivity index (χ3n) is 3.60. The van der Waals surface area contributed by atoms with Gasteiger partial charge in [-0.15, -0.1) is 11.3 Å². The van der Waals surface area contributed by atoms with E-state index in [1.165, 1.54) is 16.5 Å². The molecule has 0 aliphatic carbocycles. The van der Waals surface area contributed by atoms with Crippen LogP contribution in [0.15, 0.2) is 42.5 Å². The lowest BCUT2D eigenvalue weighted by atomic mass is 9.97. The Morgan fingerprint density at radius 2 is 1.75 bits per heavy atom. The van der Waals surface area contributed by atoms with Crippen molar-refractivity contribution in [2.75, 3.05) is 0 Å². The van der Waals surface area contributed by atoms with Gasteiger partial charge in [0.2, 0.25) is 0 Å². The van der Waals surface area contributed by atoms with Crippen molar-refractivity contribution in [3.05, 3.63) is 69.2 Å². The van der Waals surface area contributed by atoms with E-state index < -0.39 is 0 Å². The van der Waals surface area contributed by atoms with Crippen LogP contribution in [-0.2, 0) is 0 Å². The van der Waals surface area contributed by atoms with Crippen LogP contribution in [0.5, 0.6) is 0 Å². The first-order valence-corrected chi connectivity index (χ1v) is 7.39. The highest BCUT2D eigenvalue weighted by Gasteiger charge is 2.17. The molecule has 1 nitrogen and oxygen atoms in total. The van der Waals surface area contributed by atoms with Crippen molar-refractivity contribution in [1.29, 1.82) is 0 Å². The maximum atomic E-state index is 13.9. The summed E-state index contributed by atoms with van der Waals surface area (Å²) in [6.07, 6.45) is 0. The van der Waals surface area contributed by atoms with Crippen LogP contribution in [0.4, 0.5) is 4.39 Å². The zero-order chi connectivity index (χ0) is 14.3. The normalized spacial score (nSPS) is 12.8. The van der Waals surface area contributed by atoms with Crippen molar-refractivity contribution in [2.45, 2.75) is 19.9 Å². The maximum Gasteiger partial charge on any atom is 0.131 e. The van der Waals surface area contributed by atoms with Gasteiger partial charge in [-0.1, -0.05) is 30.3 Å². The fraction of sp³-hybridized carbons (Fsp3) is 0.176. The van der Waals surface area contributed by atoms with Crippen LogP contribution < -0.4 is 5.73 Å². The van der Waals surface area contributed by atoms with Gasteiger partial charge in [0.05, 0.1) is 6.04 Å². The molecule has 3 heteroatoms. The molecule has 0 saturated heterocycles. The Labute approximate surface area is 121 Å². The number of hydrogen-bond acceptors (Lipinski definition) is 2. The molecule has 1 heterocycles. The van der Waals surface area contributed by atoms with Gasteiger partial charge in [0.1, 0.15) is 5.82 Å². The molecule has 20 heavy (non-hydrogen) atoms. The summed E-state index contributed by atoms with van der Waals surface area (Å²) in [6.45, 7) is 4.15. The zero-order valence-corrected chi connectivity index (χ0v) is 12.3. The van der Waals surface area contributed by atoms with Gasteiger partial charge in [-0.25, -0.2) is 4.39 Å². The Bertz CT molecular complexity index is 776. The lowest BCUT2D eigenvalue weighted by Crippen LogP contribution is -2.12. The van der Waals surface area contributed by atoms with Gasteiger partial charge < -0.3 is 5.73 Å². The zero-order valence-electron chi connectivity index (χ0n) is 11.5. The first-order chi connectivity index (χ1) is 9.58. The van der Waals surface area contributed by atoms with Crippen molar-refractivity contribution in [2.24, 2.45) is 5.73 Å². The number of fused-ring (bicyclic) bond motifs is 1. The van der Waals surface area contributed by atoms with E-state index in [0.717, 1.165) is 15.8 Å². The number of nitrogens with two attached hydrogens (primary N) is 1. The van der Waals surface area contributed by atoms with Crippen LogP contribution in [0.25, 0.3) is 10.8 Å². The Balaban J connectivity index is 2.20. The highest BCUT2D eigenvalue weighted by molar-refractivity contribution is 7.12. The molecule has 102 valence electrons. The highest BCUT2D eigenvalue weighted by atomic mass is 32.1. The minimum absolute atomic E-state index is 0.198. The predicted molar refractivity (Wildman–Crippen MR) is 83.7 cm³/mol. The minimum Gasteiger partial charge on any atom is -0.320 e. The smallest absolute Gasteiger partial charge is 0.131 e. The second kappa shape index (κ2) is 5.00. The average Bonchev–Trinajstić information content (AvgIpc) is 2.78. The molecule has 0 bridgehead atoms. The molecule has 2 N–H and O–H groups in total. The van der Waals surface area contributed by atoms with E-state index in [1.807, 2.05) is 18.2 Å². The number of rotatable bonds is 2. The number of hydrogen-bond donors (Lipinski definition) is 1. The molecule has 0 spiro atoms. The number of halogens is 1. The molecule has 2 aromatic carbocycles. The summed E-state index contributed by atoms with van der Waals surface area (Å²) in [5.74, 6) is -0.198. The van der Waals surface area contributed by atoms with Gasteiger partial charge in [0.25, 0.3) is 0 Å². The number of aryl methyl sites for hydroxylation is 2. The highest BCUT2D eigenvalue weighted by Crippen LogP contribution is 2.34. The first-order valence-electron chi connectivity index (χ1n) is 6.57. The quantitative estimate of drug-likeness (QED) is 0.725. The van der Waals surface area contributed by atoms with Gasteiger partial charge in [-0.2, -0.15) is 0 Å². The second-order valence-electron chi connectivity index (χ2n) is 5.06. The van der Waals surface area contributed by atoms with E-state index in [4.69, 9.17) is 5.73 Å². The third kappa shape index (κ3) is 2.13. The van der Waals surface area contributed by atoms with Crippen molar-refractivity contribution in [3.63, 3.8) is 0 Å². The summed E-state index contributed by atoms with van der Waals surface area (Å²) in [5.41, 5.74) is 8.62. The minimum atomic E-state index is -0.209. The van der Waals surface area contributed by atoms with E-state index in [-0.39, 0.29) is 11.9 Å². The van der Waals surface area contributed by atoms with E-state index in [9.17, 15) is 4.39 Å². The molecule has 0 aliphatic rings. The van der Waals surface area contributed by atoms with Gasteiger partial charge >= 0.3 is 0 Å². The van der Waals surface area contributed by atoms with E-state index in [2.05, 4.69) is 19.9 Å². The summed E-state index contributed by atoms with van der Waals surface area (Å²) in [5, 5.41) is 1.52. The molecule has 0 radical (unpaired) electrons. The average molecular weight is 285 g/mol. The molecule has 1 unspecified atom stereocenters. The van der Waals surface area contributed by atoms with Crippen LogP contribution in [0.1, 0.15) is 26.9 Å². The van der Waals surface area contributed by atoms with Crippen LogP contribution in [0.3, 0.4) is 0 Å². The van der Waals surface area contributed by atoms with E-state index in [0.29, 0.717) is 5.39 Å². The fourth-order valence-electron chi connectivity index (χ4n) is 2.67. The van der Waals surface area contributed by atoms with Crippen molar-refractivity contribution >= 4 is 22.1 Å². The van der Waals surface area contributed by atoms with Gasteiger partial charge in [0.15, 0.2) is 0 Å². The standard InChI is InChI=1S/C17H16FNS/c1-10-9-11(2)20-17(10)16(19)14-7-8-15(18)13-6-4-3-5-12(13)14/h3-9,16H,19H2,1-2H3. The molecule has 0 fully saturated rings. The summed E-state index contributed by atoms with van der Waals surface area (Å²) in [7, 11) is 0. The largest absolute Gasteiger partial charge is 0.320 e. The second-order valence-corrected chi connectivity index (χ2v) is 6.35. The summed E-state index contributed by atoms with van der Waals surface area (Å²) < 4.78 is 13.9. The maximum absolute atomic E-state index is 13.9. The van der Waals surface area contributed by atoms with Crippen LogP contribution in [0, 0.1) is 19.7 Å². The molecular formula is C17H16FNS. The summed E-state index contributed by atoms with van der Waals surface area (Å²) >= 11 is 1.71. The van der Waals surface area contributed by atoms with Crippen molar-refractivity contribution < 1.29 is 4.39 Å². The summed E-state index contributed by atoms with van der Waals surface area (Å²) in [6, 6.07) is 12.7. The van der Waals surface area contributed by atoms with Crippen LogP contribution in [-0.4, -0.2) is 0 Å². The Kier molecular flexibility index (Phi) is 3.32. The number of thiophene rings is 1. The SMILES string of the molecule is Cc1cc(C)c(C(N)c2ccc(F)c3ccccc23)s1. The third-order valence-corrected chi connectivity index (χ3v) is 4.84. The molecule has 3 aromatic rings. The number of benzene rings is 2. The van der Waals surface area contributed by atoms with Gasteiger partial charge in [-0.05, 0) is 42.5 Å². The molecule has 0 saturated carbocycles. The lowest BCUT2D eigenvalue weighted by Gasteiger charge is -2.15. The molecule has 1 atom stereocenters. The predicted octanol–water partition coefficient (Wildman–Crippen LogP) is 4.71. The van der Waals surface area contributed by atoms with Gasteiger partial charge in [0, 0.05) is 15.1 Å². The van der Waals surface area contributed by atoms with Crippen LogP contribution >= 0.6 is 11.3 Å². The van der Waals surface area contributed by atoms with Crippen molar-refractivity contribution in [1.82, 2.24) is 0 Å². The van der Waals surface area contributed by atoms with Crippen LogP contribution in [0.2, 0.25) is 0 Å². The Morgan fingerprint density at radius 1 is 1.05 bits per heavy atom. The van der Waals surface area contributed by atoms with Crippen molar-refractivity contribution in [3.8, 4) is 0 Å². The fourth-order valence-corrected chi connectivity index (χ4v) is 3.72. The Hall–Kier alpha value is -1.71. The van der Waals surface area contributed by atoms with E-state index in [1.54, 1.807) is 23.5 Å². The monoisotopic (exact) mass is 285 g/mol. The molecule has 0 amide bonds. The molecular weight excluding hydrogens is 269 g/mol. The topological polar surface area (TPSA) is 26.0 Å². The van der Waals surface area contributed by atoms with E-state index >= 15 is 0 Å². The van der Waals surface area contributed by atoms with Gasteiger partial charge in [-0.3, -0.25) is 0 Å². The molecule has 3 rings (SSSR count). The lowest BCUT2D eigenvalue weighted by molar-refractivity contribution is 0.639.